The van der Waals surface area contributed by atoms with Crippen LogP contribution in [0.25, 0.3) is 32.3 Å². The van der Waals surface area contributed by atoms with E-state index in [-0.39, 0.29) is 5.48 Å². The molecule has 0 fully saturated rings. The Morgan fingerprint density at radius 1 is 0.714 bits per heavy atom. The molecule has 0 amide bonds. The highest BCUT2D eigenvalue weighted by Gasteiger charge is 2.09. The molecule has 0 unspecified atom stereocenters. The second-order valence-electron chi connectivity index (χ2n) is 5.47. The molecule has 0 saturated carbocycles. The van der Waals surface area contributed by atoms with Crippen molar-refractivity contribution in [3.8, 4) is 0 Å². The molecule has 4 aromatic rings. The van der Waals surface area contributed by atoms with Crippen LogP contribution in [-0.4, -0.2) is 12.0 Å². The quantitative estimate of drug-likeness (QED) is 0.571. The van der Waals surface area contributed by atoms with E-state index >= 15 is 0 Å². The van der Waals surface area contributed by atoms with Gasteiger partial charge in [0.2, 0.25) is 0 Å². The zero-order chi connectivity index (χ0) is 13.5. The summed E-state index contributed by atoms with van der Waals surface area (Å²) in [5.74, 6) is 0. The standard InChI is InChI=1S/C19H17N.H2O/c20-12-2-5-13-6-7-16-9-8-14-3-1-4-15-10-11-17(13)19(16)18(14)15;/h1,3-4,6-11H,2,5,12,20H2;1H2. The lowest BCUT2D eigenvalue weighted by Gasteiger charge is -2.13. The maximum atomic E-state index is 5.66. The van der Waals surface area contributed by atoms with Gasteiger partial charge in [0.25, 0.3) is 0 Å². The minimum Gasteiger partial charge on any atom is -0.412 e. The zero-order valence-corrected chi connectivity index (χ0v) is 11.9. The molecule has 4 N–H and O–H groups in total. The molecule has 4 aromatic carbocycles. The molecule has 0 radical (unpaired) electrons. The van der Waals surface area contributed by atoms with Crippen molar-refractivity contribution in [2.24, 2.45) is 5.73 Å². The van der Waals surface area contributed by atoms with Gasteiger partial charge >= 0.3 is 0 Å². The van der Waals surface area contributed by atoms with Crippen LogP contribution in [0.5, 0.6) is 0 Å². The molecule has 0 atom stereocenters. The van der Waals surface area contributed by atoms with Gasteiger partial charge in [0, 0.05) is 0 Å². The summed E-state index contributed by atoms with van der Waals surface area (Å²) in [4.78, 5) is 0. The SMILES string of the molecule is NCCCc1ccc2ccc3cccc4ccc1c2c34.O. The van der Waals surface area contributed by atoms with Gasteiger partial charge in [0.15, 0.2) is 0 Å². The molecule has 2 nitrogen and oxygen atoms in total. The van der Waals surface area contributed by atoms with Gasteiger partial charge in [-0.05, 0) is 57.3 Å². The fourth-order valence-corrected chi connectivity index (χ4v) is 3.31. The van der Waals surface area contributed by atoms with Crippen molar-refractivity contribution in [1.82, 2.24) is 0 Å². The second kappa shape index (κ2) is 5.32. The van der Waals surface area contributed by atoms with E-state index in [4.69, 9.17) is 5.73 Å². The van der Waals surface area contributed by atoms with Crippen molar-refractivity contribution in [2.75, 3.05) is 6.54 Å². The Morgan fingerprint density at radius 2 is 1.33 bits per heavy atom. The van der Waals surface area contributed by atoms with Crippen molar-refractivity contribution >= 4 is 32.3 Å². The summed E-state index contributed by atoms with van der Waals surface area (Å²) in [6.45, 7) is 0.752. The summed E-state index contributed by atoms with van der Waals surface area (Å²) in [5.41, 5.74) is 7.08. The van der Waals surface area contributed by atoms with E-state index in [1.165, 1.54) is 37.9 Å². The van der Waals surface area contributed by atoms with Crippen LogP contribution in [0.1, 0.15) is 12.0 Å². The zero-order valence-electron chi connectivity index (χ0n) is 11.9. The fourth-order valence-electron chi connectivity index (χ4n) is 3.31. The van der Waals surface area contributed by atoms with E-state index < -0.39 is 0 Å². The van der Waals surface area contributed by atoms with E-state index in [0.29, 0.717) is 0 Å². The molecule has 0 aliphatic heterocycles. The van der Waals surface area contributed by atoms with Gasteiger partial charge in [-0.3, -0.25) is 0 Å². The predicted molar refractivity (Wildman–Crippen MR) is 91.1 cm³/mol. The van der Waals surface area contributed by atoms with Crippen LogP contribution in [-0.2, 0) is 6.42 Å². The van der Waals surface area contributed by atoms with Crippen molar-refractivity contribution in [3.05, 3.63) is 60.2 Å². The lowest BCUT2D eigenvalue weighted by Crippen LogP contribution is -2.00. The first-order valence-corrected chi connectivity index (χ1v) is 7.24. The van der Waals surface area contributed by atoms with Gasteiger partial charge in [0.1, 0.15) is 0 Å². The lowest BCUT2D eigenvalue weighted by atomic mass is 9.91. The highest BCUT2D eigenvalue weighted by molar-refractivity contribution is 6.23. The van der Waals surface area contributed by atoms with Crippen LogP contribution in [0.3, 0.4) is 0 Å². The summed E-state index contributed by atoms with van der Waals surface area (Å²) in [6.07, 6.45) is 2.11. The van der Waals surface area contributed by atoms with Crippen molar-refractivity contribution < 1.29 is 5.48 Å². The van der Waals surface area contributed by atoms with Gasteiger partial charge in [-0.15, -0.1) is 0 Å². The maximum absolute atomic E-state index is 5.66. The summed E-state index contributed by atoms with van der Waals surface area (Å²) in [7, 11) is 0. The predicted octanol–water partition coefficient (Wildman–Crippen LogP) is 3.65. The van der Waals surface area contributed by atoms with Gasteiger partial charge in [-0.1, -0.05) is 54.6 Å². The summed E-state index contributed by atoms with van der Waals surface area (Å²) in [6, 6.07) is 20.0. The highest BCUT2D eigenvalue weighted by atomic mass is 16.0. The van der Waals surface area contributed by atoms with Crippen LogP contribution < -0.4 is 5.73 Å². The van der Waals surface area contributed by atoms with Crippen LogP contribution in [0.15, 0.2) is 54.6 Å². The third kappa shape index (κ3) is 2.04. The third-order valence-electron chi connectivity index (χ3n) is 4.27. The van der Waals surface area contributed by atoms with Crippen molar-refractivity contribution in [3.63, 3.8) is 0 Å². The van der Waals surface area contributed by atoms with E-state index in [1.807, 2.05) is 0 Å². The molecule has 0 bridgehead atoms. The summed E-state index contributed by atoms with van der Waals surface area (Å²) in [5, 5.41) is 8.20. The number of rotatable bonds is 3. The average molecular weight is 277 g/mol. The van der Waals surface area contributed by atoms with Gasteiger partial charge in [0.05, 0.1) is 0 Å². The molecule has 4 rings (SSSR count). The monoisotopic (exact) mass is 277 g/mol. The minimum atomic E-state index is 0. The Bertz CT molecular complexity index is 882. The highest BCUT2D eigenvalue weighted by Crippen LogP contribution is 2.36. The van der Waals surface area contributed by atoms with Crippen LogP contribution in [0.4, 0.5) is 0 Å². The van der Waals surface area contributed by atoms with E-state index in [1.54, 1.807) is 0 Å². The minimum absolute atomic E-state index is 0. The second-order valence-corrected chi connectivity index (χ2v) is 5.47. The van der Waals surface area contributed by atoms with Crippen molar-refractivity contribution in [2.45, 2.75) is 12.8 Å². The first-order chi connectivity index (χ1) is 9.88. The molecular weight excluding hydrogens is 258 g/mol. The number of hydrogen-bond acceptors (Lipinski definition) is 1. The molecule has 0 aliphatic carbocycles. The van der Waals surface area contributed by atoms with E-state index in [9.17, 15) is 0 Å². The van der Waals surface area contributed by atoms with Gasteiger partial charge in [-0.25, -0.2) is 0 Å². The number of aryl methyl sites for hydroxylation is 1. The van der Waals surface area contributed by atoms with E-state index in [0.717, 1.165) is 19.4 Å². The summed E-state index contributed by atoms with van der Waals surface area (Å²) >= 11 is 0. The molecule has 0 heterocycles. The Kier molecular flexibility index (Phi) is 3.50. The van der Waals surface area contributed by atoms with Crippen LogP contribution >= 0.6 is 0 Å². The normalized spacial score (nSPS) is 11.3. The molecule has 0 spiro atoms. The molecule has 2 heteroatoms. The van der Waals surface area contributed by atoms with Crippen LogP contribution in [0.2, 0.25) is 0 Å². The number of nitrogens with two attached hydrogens (primary N) is 1. The van der Waals surface area contributed by atoms with Crippen LogP contribution in [0, 0.1) is 0 Å². The molecular formula is C19H19NO. The summed E-state index contributed by atoms with van der Waals surface area (Å²) < 4.78 is 0. The molecule has 0 saturated heterocycles. The largest absolute Gasteiger partial charge is 0.412 e. The maximum Gasteiger partial charge on any atom is -0.00240 e. The number of hydrogen-bond donors (Lipinski definition) is 1. The first-order valence-electron chi connectivity index (χ1n) is 7.24. The molecule has 21 heavy (non-hydrogen) atoms. The smallest absolute Gasteiger partial charge is 0.00240 e. The number of benzene rings is 4. The van der Waals surface area contributed by atoms with E-state index in [2.05, 4.69) is 54.6 Å². The molecule has 0 aliphatic rings. The fraction of sp³-hybridized carbons (Fsp3) is 0.158. The molecule has 0 aromatic heterocycles. The third-order valence-corrected chi connectivity index (χ3v) is 4.27. The van der Waals surface area contributed by atoms with Gasteiger partial charge in [-0.2, -0.15) is 0 Å². The lowest BCUT2D eigenvalue weighted by molar-refractivity contribution is 0.824. The Hall–Kier alpha value is -2.16. The molecule has 106 valence electrons. The first kappa shape index (κ1) is 13.8. The average Bonchev–Trinajstić information content (AvgIpc) is 2.51. The van der Waals surface area contributed by atoms with Gasteiger partial charge < -0.3 is 11.2 Å². The Balaban J connectivity index is 0.00000132. The van der Waals surface area contributed by atoms with Crippen molar-refractivity contribution in [1.29, 1.82) is 0 Å². The Labute approximate surface area is 123 Å². The Morgan fingerprint density at radius 3 is 2.05 bits per heavy atom. The topological polar surface area (TPSA) is 57.5 Å².